The molecule has 0 aliphatic rings. The maximum Gasteiger partial charge on any atom is 0.114 e. The molecule has 0 aliphatic heterocycles. The van der Waals surface area contributed by atoms with Crippen molar-refractivity contribution in [2.75, 3.05) is 34.5 Å². The van der Waals surface area contributed by atoms with Gasteiger partial charge >= 0.3 is 0 Å². The van der Waals surface area contributed by atoms with Crippen molar-refractivity contribution in [3.05, 3.63) is 0 Å². The van der Waals surface area contributed by atoms with Crippen LogP contribution in [0.3, 0.4) is 0 Å². The van der Waals surface area contributed by atoms with Gasteiger partial charge in [-0.15, -0.1) is 0 Å². The molecule has 6 nitrogen and oxygen atoms in total. The molecule has 6 heteroatoms. The van der Waals surface area contributed by atoms with Gasteiger partial charge in [-0.3, -0.25) is 0 Å². The van der Waals surface area contributed by atoms with Gasteiger partial charge in [0.2, 0.25) is 0 Å². The Hall–Kier alpha value is -0.240. The minimum absolute atomic E-state index is 0.0231. The van der Waals surface area contributed by atoms with E-state index < -0.39 is 24.4 Å². The number of aliphatic hydroxyl groups is 3. The van der Waals surface area contributed by atoms with Crippen molar-refractivity contribution in [1.29, 1.82) is 0 Å². The molecular weight excluding hydrogens is 204 g/mol. The Balaban J connectivity index is 4.24. The first-order valence-electron chi connectivity index (χ1n) is 4.63. The zero-order chi connectivity index (χ0) is 11.8. The molecule has 0 fully saturated rings. The van der Waals surface area contributed by atoms with Crippen LogP contribution < -0.4 is 0 Å². The largest absolute Gasteiger partial charge is 0.388 e. The summed E-state index contributed by atoms with van der Waals surface area (Å²) in [5.74, 6) is 0. The molecule has 0 aromatic carbocycles. The molecule has 0 aliphatic carbocycles. The van der Waals surface area contributed by atoms with Gasteiger partial charge in [-0.05, 0) is 0 Å². The minimum Gasteiger partial charge on any atom is -0.388 e. The van der Waals surface area contributed by atoms with Gasteiger partial charge in [0.15, 0.2) is 0 Å². The van der Waals surface area contributed by atoms with Crippen LogP contribution in [0.2, 0.25) is 0 Å². The van der Waals surface area contributed by atoms with Crippen molar-refractivity contribution >= 4 is 0 Å². The number of hydrogen-bond donors (Lipinski definition) is 3. The van der Waals surface area contributed by atoms with E-state index in [1.165, 1.54) is 21.3 Å². The van der Waals surface area contributed by atoms with Crippen LogP contribution in [-0.2, 0) is 14.2 Å². The highest BCUT2D eigenvalue weighted by molar-refractivity contribution is 4.81. The molecule has 0 aromatic heterocycles. The summed E-state index contributed by atoms with van der Waals surface area (Å²) in [6.45, 7) is -0.00397. The second-order valence-electron chi connectivity index (χ2n) is 3.24. The third kappa shape index (κ3) is 4.87. The third-order valence-corrected chi connectivity index (χ3v) is 2.06. The summed E-state index contributed by atoms with van der Waals surface area (Å²) in [4.78, 5) is 0. The lowest BCUT2D eigenvalue weighted by molar-refractivity contribution is -0.141. The van der Waals surface area contributed by atoms with Crippen LogP contribution in [0.4, 0.5) is 0 Å². The molecule has 0 bridgehead atoms. The normalized spacial score (nSPS) is 19.6. The average molecular weight is 224 g/mol. The van der Waals surface area contributed by atoms with Crippen LogP contribution in [0.15, 0.2) is 0 Å². The second-order valence-corrected chi connectivity index (χ2v) is 3.24. The van der Waals surface area contributed by atoms with Crippen molar-refractivity contribution in [2.45, 2.75) is 24.4 Å². The maximum absolute atomic E-state index is 9.64. The van der Waals surface area contributed by atoms with E-state index >= 15 is 0 Å². The molecule has 0 saturated heterocycles. The predicted molar refractivity (Wildman–Crippen MR) is 52.6 cm³/mol. The van der Waals surface area contributed by atoms with E-state index in [-0.39, 0.29) is 13.2 Å². The number of hydrogen-bond acceptors (Lipinski definition) is 6. The highest BCUT2D eigenvalue weighted by Gasteiger charge is 2.31. The van der Waals surface area contributed by atoms with Gasteiger partial charge < -0.3 is 29.5 Å². The molecule has 0 rings (SSSR count). The molecule has 0 amide bonds. The highest BCUT2D eigenvalue weighted by Crippen LogP contribution is 2.09. The molecule has 4 atom stereocenters. The summed E-state index contributed by atoms with van der Waals surface area (Å²) >= 11 is 0. The topological polar surface area (TPSA) is 88.4 Å². The number of aliphatic hydroxyl groups excluding tert-OH is 3. The van der Waals surface area contributed by atoms with E-state index in [1.807, 2.05) is 0 Å². The molecule has 92 valence electrons. The first-order chi connectivity index (χ1) is 7.08. The summed E-state index contributed by atoms with van der Waals surface area (Å²) in [5, 5.41) is 28.6. The molecule has 0 saturated carbocycles. The monoisotopic (exact) mass is 224 g/mol. The van der Waals surface area contributed by atoms with Crippen molar-refractivity contribution in [2.24, 2.45) is 0 Å². The summed E-state index contributed by atoms with van der Waals surface area (Å²) in [6.07, 6.45) is -4.23. The van der Waals surface area contributed by atoms with Crippen LogP contribution in [0.25, 0.3) is 0 Å². The van der Waals surface area contributed by atoms with Crippen LogP contribution >= 0.6 is 0 Å². The number of methoxy groups -OCH3 is 3. The van der Waals surface area contributed by atoms with Crippen molar-refractivity contribution < 1.29 is 29.5 Å². The Morgan fingerprint density at radius 3 is 1.73 bits per heavy atom. The molecule has 15 heavy (non-hydrogen) atoms. The van der Waals surface area contributed by atoms with Crippen LogP contribution in [0, 0.1) is 0 Å². The van der Waals surface area contributed by atoms with Gasteiger partial charge in [0.25, 0.3) is 0 Å². The fraction of sp³-hybridized carbons (Fsp3) is 1.00. The summed E-state index contributed by atoms with van der Waals surface area (Å²) in [5.41, 5.74) is 0. The van der Waals surface area contributed by atoms with Crippen molar-refractivity contribution in [3.63, 3.8) is 0 Å². The molecule has 3 N–H and O–H groups in total. The average Bonchev–Trinajstić information content (AvgIpc) is 2.19. The Bertz CT molecular complexity index is 154. The van der Waals surface area contributed by atoms with Crippen molar-refractivity contribution in [1.82, 2.24) is 0 Å². The lowest BCUT2D eigenvalue weighted by Gasteiger charge is -2.28. The van der Waals surface area contributed by atoms with Gasteiger partial charge in [-0.25, -0.2) is 0 Å². The predicted octanol–water partition coefficient (Wildman–Crippen LogP) is -1.62. The lowest BCUT2D eigenvalue weighted by Crippen LogP contribution is -2.48. The van der Waals surface area contributed by atoms with Gasteiger partial charge in [0.1, 0.15) is 24.4 Å². The maximum atomic E-state index is 9.64. The molecule has 4 unspecified atom stereocenters. The van der Waals surface area contributed by atoms with E-state index in [4.69, 9.17) is 9.47 Å². The standard InChI is InChI=1S/C9H20O6/c1-13-4-6(10)8(12)9(15-3)7(11)5-14-2/h6-12H,4-5H2,1-3H3. The van der Waals surface area contributed by atoms with Gasteiger partial charge in [0, 0.05) is 21.3 Å². The second kappa shape index (κ2) is 7.98. The van der Waals surface area contributed by atoms with E-state index in [2.05, 4.69) is 4.74 Å². The first-order valence-corrected chi connectivity index (χ1v) is 4.63. The molecule has 0 spiro atoms. The zero-order valence-electron chi connectivity index (χ0n) is 9.29. The van der Waals surface area contributed by atoms with E-state index in [0.717, 1.165) is 0 Å². The molecule has 0 aromatic rings. The molecular formula is C9H20O6. The Morgan fingerprint density at radius 1 is 0.867 bits per heavy atom. The van der Waals surface area contributed by atoms with E-state index in [1.54, 1.807) is 0 Å². The Kier molecular flexibility index (Phi) is 7.85. The van der Waals surface area contributed by atoms with Crippen LogP contribution in [0.5, 0.6) is 0 Å². The van der Waals surface area contributed by atoms with Crippen LogP contribution in [-0.4, -0.2) is 74.3 Å². The lowest BCUT2D eigenvalue weighted by atomic mass is 10.0. The zero-order valence-corrected chi connectivity index (χ0v) is 9.29. The number of rotatable bonds is 8. The van der Waals surface area contributed by atoms with E-state index in [0.29, 0.717) is 0 Å². The summed E-state index contributed by atoms with van der Waals surface area (Å²) in [7, 11) is 4.17. The Morgan fingerprint density at radius 2 is 1.33 bits per heavy atom. The van der Waals surface area contributed by atoms with Crippen LogP contribution in [0.1, 0.15) is 0 Å². The summed E-state index contributed by atoms with van der Waals surface area (Å²) in [6, 6.07) is 0. The molecule has 0 heterocycles. The fourth-order valence-corrected chi connectivity index (χ4v) is 1.28. The van der Waals surface area contributed by atoms with Gasteiger partial charge in [-0.2, -0.15) is 0 Å². The van der Waals surface area contributed by atoms with Gasteiger partial charge in [-0.1, -0.05) is 0 Å². The quantitative estimate of drug-likeness (QED) is 0.459. The molecule has 0 radical (unpaired) electrons. The van der Waals surface area contributed by atoms with Gasteiger partial charge in [0.05, 0.1) is 13.2 Å². The SMILES string of the molecule is COCC(O)C(O)C(OC)C(O)COC. The fourth-order valence-electron chi connectivity index (χ4n) is 1.28. The minimum atomic E-state index is -1.22. The third-order valence-electron chi connectivity index (χ3n) is 2.06. The first kappa shape index (κ1) is 14.8. The number of ether oxygens (including phenoxy) is 3. The highest BCUT2D eigenvalue weighted by atomic mass is 16.5. The Labute approximate surface area is 89.4 Å². The summed E-state index contributed by atoms with van der Waals surface area (Å²) < 4.78 is 14.3. The van der Waals surface area contributed by atoms with Crippen molar-refractivity contribution in [3.8, 4) is 0 Å². The van der Waals surface area contributed by atoms with E-state index in [9.17, 15) is 15.3 Å². The smallest absolute Gasteiger partial charge is 0.114 e.